The van der Waals surface area contributed by atoms with Crippen molar-refractivity contribution in [2.24, 2.45) is 0 Å². The van der Waals surface area contributed by atoms with Crippen molar-refractivity contribution in [3.8, 4) is 5.75 Å². The molecule has 0 saturated carbocycles. The third-order valence-corrected chi connectivity index (χ3v) is 2.16. The second-order valence-corrected chi connectivity index (χ2v) is 3.19. The van der Waals surface area contributed by atoms with Crippen molar-refractivity contribution in [1.29, 1.82) is 0 Å². The molecule has 0 heterocycles. The van der Waals surface area contributed by atoms with Gasteiger partial charge in [0.15, 0.2) is 11.6 Å². The molecule has 2 N–H and O–H groups in total. The van der Waals surface area contributed by atoms with Crippen LogP contribution in [0.3, 0.4) is 0 Å². The Balaban J connectivity index is 3.20. The number of ether oxygens (including phenoxy) is 1. The van der Waals surface area contributed by atoms with Gasteiger partial charge in [0.1, 0.15) is 0 Å². The molecule has 0 aliphatic heterocycles. The average molecular weight is 288 g/mol. The van der Waals surface area contributed by atoms with Gasteiger partial charge >= 0.3 is 6.36 Å². The van der Waals surface area contributed by atoms with Crippen molar-refractivity contribution in [1.82, 2.24) is 0 Å². The summed E-state index contributed by atoms with van der Waals surface area (Å²) in [5.74, 6) is -1.99. The van der Waals surface area contributed by atoms with E-state index >= 15 is 0 Å². The van der Waals surface area contributed by atoms with E-state index in [1.165, 1.54) is 6.07 Å². The van der Waals surface area contributed by atoms with Crippen LogP contribution in [0.15, 0.2) is 12.1 Å². The molecule has 0 radical (unpaired) electrons. The molecule has 7 heteroatoms. The molecule has 1 aromatic carbocycles. The van der Waals surface area contributed by atoms with E-state index < -0.39 is 17.9 Å². The fourth-order valence-corrected chi connectivity index (χ4v) is 1.56. The molecular formula is C8H6BrF4NO. The van der Waals surface area contributed by atoms with E-state index in [1.807, 2.05) is 0 Å². The molecule has 15 heavy (non-hydrogen) atoms. The van der Waals surface area contributed by atoms with Crippen LogP contribution in [0.5, 0.6) is 5.75 Å². The molecule has 0 saturated heterocycles. The molecule has 84 valence electrons. The summed E-state index contributed by atoms with van der Waals surface area (Å²) >= 11 is 2.91. The minimum absolute atomic E-state index is 0.0258. The quantitative estimate of drug-likeness (QED) is 0.515. The van der Waals surface area contributed by atoms with Crippen molar-refractivity contribution >= 4 is 21.6 Å². The highest BCUT2D eigenvalue weighted by molar-refractivity contribution is 9.08. The van der Waals surface area contributed by atoms with Crippen LogP contribution >= 0.6 is 15.9 Å². The summed E-state index contributed by atoms with van der Waals surface area (Å²) < 4.78 is 52.4. The Hall–Kier alpha value is -0.980. The maximum absolute atomic E-state index is 13.0. The van der Waals surface area contributed by atoms with Crippen LogP contribution in [0.4, 0.5) is 23.2 Å². The molecule has 0 amide bonds. The normalized spacial score (nSPS) is 11.5. The fourth-order valence-electron chi connectivity index (χ4n) is 0.978. The summed E-state index contributed by atoms with van der Waals surface area (Å²) in [6, 6.07) is 2.00. The lowest BCUT2D eigenvalue weighted by Crippen LogP contribution is -2.19. The van der Waals surface area contributed by atoms with E-state index in [4.69, 9.17) is 5.73 Å². The van der Waals surface area contributed by atoms with E-state index in [9.17, 15) is 17.6 Å². The number of rotatable bonds is 2. The fraction of sp³-hybridized carbons (Fsp3) is 0.250. The van der Waals surface area contributed by atoms with Crippen LogP contribution in [-0.2, 0) is 5.33 Å². The molecule has 1 rings (SSSR count). The Labute approximate surface area is 91.1 Å². The lowest BCUT2D eigenvalue weighted by atomic mass is 10.2. The van der Waals surface area contributed by atoms with Gasteiger partial charge in [-0.1, -0.05) is 15.9 Å². The van der Waals surface area contributed by atoms with Gasteiger partial charge in [0.05, 0.1) is 0 Å². The van der Waals surface area contributed by atoms with Crippen LogP contribution in [0, 0.1) is 5.82 Å². The zero-order valence-corrected chi connectivity index (χ0v) is 8.82. The highest BCUT2D eigenvalue weighted by Gasteiger charge is 2.33. The first kappa shape index (κ1) is 12.1. The summed E-state index contributed by atoms with van der Waals surface area (Å²) in [4.78, 5) is 0. The lowest BCUT2D eigenvalue weighted by Gasteiger charge is -2.14. The number of benzene rings is 1. The highest BCUT2D eigenvalue weighted by Crippen LogP contribution is 2.33. The van der Waals surface area contributed by atoms with E-state index in [1.54, 1.807) is 0 Å². The topological polar surface area (TPSA) is 35.2 Å². The molecule has 0 aromatic heterocycles. The number of nitrogen functional groups attached to an aromatic ring is 1. The molecule has 2 nitrogen and oxygen atoms in total. The molecule has 0 bridgehead atoms. The summed E-state index contributed by atoms with van der Waals surface area (Å²) in [5.41, 5.74) is 5.35. The zero-order valence-electron chi connectivity index (χ0n) is 7.24. The van der Waals surface area contributed by atoms with Gasteiger partial charge in [0, 0.05) is 16.6 Å². The van der Waals surface area contributed by atoms with Crippen LogP contribution in [0.1, 0.15) is 5.56 Å². The summed E-state index contributed by atoms with van der Waals surface area (Å²) in [6.07, 6.45) is -4.94. The first-order valence-corrected chi connectivity index (χ1v) is 4.86. The second kappa shape index (κ2) is 4.26. The second-order valence-electron chi connectivity index (χ2n) is 2.63. The Morgan fingerprint density at radius 1 is 1.33 bits per heavy atom. The third kappa shape index (κ3) is 2.98. The van der Waals surface area contributed by atoms with Crippen molar-refractivity contribution in [2.75, 3.05) is 5.73 Å². The standard InChI is InChI=1S/C8H6BrF4NO/c9-3-4-6(14)2-1-5(10)7(4)15-8(11,12)13/h1-2H,3,14H2. The SMILES string of the molecule is Nc1ccc(F)c(OC(F)(F)F)c1CBr. The van der Waals surface area contributed by atoms with Crippen molar-refractivity contribution in [3.05, 3.63) is 23.5 Å². The van der Waals surface area contributed by atoms with E-state index in [2.05, 4.69) is 20.7 Å². The summed E-state index contributed by atoms with van der Waals surface area (Å²) in [7, 11) is 0. The smallest absolute Gasteiger partial charge is 0.402 e. The average Bonchev–Trinajstić information content (AvgIpc) is 2.10. The number of halogens is 5. The molecule has 0 unspecified atom stereocenters. The van der Waals surface area contributed by atoms with Gasteiger partial charge in [0.2, 0.25) is 0 Å². The number of hydrogen-bond acceptors (Lipinski definition) is 2. The molecule has 0 spiro atoms. The molecule has 1 aromatic rings. The van der Waals surface area contributed by atoms with Crippen LogP contribution in [0.2, 0.25) is 0 Å². The van der Waals surface area contributed by atoms with Gasteiger partial charge in [-0.05, 0) is 12.1 Å². The van der Waals surface area contributed by atoms with Crippen LogP contribution in [0.25, 0.3) is 0 Å². The van der Waals surface area contributed by atoms with Gasteiger partial charge in [0.25, 0.3) is 0 Å². The lowest BCUT2D eigenvalue weighted by molar-refractivity contribution is -0.275. The maximum atomic E-state index is 13.0. The largest absolute Gasteiger partial charge is 0.573 e. The maximum Gasteiger partial charge on any atom is 0.573 e. The highest BCUT2D eigenvalue weighted by atomic mass is 79.9. The monoisotopic (exact) mass is 287 g/mol. The Morgan fingerprint density at radius 2 is 1.93 bits per heavy atom. The first-order chi connectivity index (χ1) is 6.85. The molecule has 0 fully saturated rings. The summed E-state index contributed by atoms with van der Waals surface area (Å²) in [5, 5.41) is -0.0258. The Kier molecular flexibility index (Phi) is 3.43. The molecular weight excluding hydrogens is 282 g/mol. The van der Waals surface area contributed by atoms with Gasteiger partial charge in [-0.3, -0.25) is 0 Å². The number of alkyl halides is 4. The van der Waals surface area contributed by atoms with E-state index in [0.717, 1.165) is 6.07 Å². The molecule has 0 atom stereocenters. The first-order valence-electron chi connectivity index (χ1n) is 3.73. The van der Waals surface area contributed by atoms with E-state index in [0.29, 0.717) is 0 Å². The Morgan fingerprint density at radius 3 is 2.40 bits per heavy atom. The zero-order chi connectivity index (χ0) is 11.6. The summed E-state index contributed by atoms with van der Waals surface area (Å²) in [6.45, 7) is 0. The minimum Gasteiger partial charge on any atom is -0.402 e. The number of anilines is 1. The van der Waals surface area contributed by atoms with Gasteiger partial charge in [-0.25, -0.2) is 4.39 Å². The predicted molar refractivity (Wildman–Crippen MR) is 50.1 cm³/mol. The van der Waals surface area contributed by atoms with Gasteiger partial charge in [-0.15, -0.1) is 13.2 Å². The minimum atomic E-state index is -4.94. The van der Waals surface area contributed by atoms with Crippen LogP contribution < -0.4 is 10.5 Å². The van der Waals surface area contributed by atoms with Crippen molar-refractivity contribution < 1.29 is 22.3 Å². The number of nitrogens with two attached hydrogens (primary N) is 1. The van der Waals surface area contributed by atoms with Gasteiger partial charge < -0.3 is 10.5 Å². The number of hydrogen-bond donors (Lipinski definition) is 1. The Bertz CT molecular complexity index is 366. The molecule has 0 aliphatic carbocycles. The van der Waals surface area contributed by atoms with Crippen LogP contribution in [-0.4, -0.2) is 6.36 Å². The van der Waals surface area contributed by atoms with E-state index in [-0.39, 0.29) is 16.6 Å². The predicted octanol–water partition coefficient (Wildman–Crippen LogP) is 3.20. The van der Waals surface area contributed by atoms with Crippen molar-refractivity contribution in [2.45, 2.75) is 11.7 Å². The van der Waals surface area contributed by atoms with Gasteiger partial charge in [-0.2, -0.15) is 0 Å². The third-order valence-electron chi connectivity index (χ3n) is 1.60. The molecule has 0 aliphatic rings. The van der Waals surface area contributed by atoms with Crippen molar-refractivity contribution in [3.63, 3.8) is 0 Å².